The van der Waals surface area contributed by atoms with Gasteiger partial charge in [0.2, 0.25) is 6.30 Å². The maximum absolute atomic E-state index is 14.5. The van der Waals surface area contributed by atoms with Gasteiger partial charge in [0.15, 0.2) is 0 Å². The van der Waals surface area contributed by atoms with Crippen molar-refractivity contribution in [2.45, 2.75) is 50.5 Å². The molecular weight excluding hydrogens is 329 g/mol. The predicted molar refractivity (Wildman–Crippen MR) is 100 cm³/mol. The third-order valence-electron chi connectivity index (χ3n) is 5.59. The number of halogens is 1. The van der Waals surface area contributed by atoms with E-state index in [0.717, 1.165) is 31.2 Å². The fourth-order valence-electron chi connectivity index (χ4n) is 4.00. The van der Waals surface area contributed by atoms with E-state index in [9.17, 15) is 9.18 Å². The minimum atomic E-state index is -1.39. The Hall–Kier alpha value is -2.40. The Kier molecular flexibility index (Phi) is 4.64. The quantitative estimate of drug-likeness (QED) is 0.770. The summed E-state index contributed by atoms with van der Waals surface area (Å²) in [7, 11) is 0. The maximum atomic E-state index is 14.5. The molecule has 1 aliphatic heterocycles. The Morgan fingerprint density at radius 1 is 1.04 bits per heavy atom. The first-order valence-electron chi connectivity index (χ1n) is 9.27. The second-order valence-electron chi connectivity index (χ2n) is 7.33. The van der Waals surface area contributed by atoms with Gasteiger partial charge in [-0.15, -0.1) is 0 Å². The van der Waals surface area contributed by atoms with E-state index in [4.69, 9.17) is 5.73 Å². The Morgan fingerprint density at radius 2 is 1.73 bits per heavy atom. The first-order valence-corrected chi connectivity index (χ1v) is 9.27. The number of amides is 2. The average Bonchev–Trinajstić information content (AvgIpc) is 3.00. The topological polar surface area (TPSA) is 58.4 Å². The second-order valence-corrected chi connectivity index (χ2v) is 7.33. The summed E-state index contributed by atoms with van der Waals surface area (Å²) in [5.74, 6) is 0.544. The summed E-state index contributed by atoms with van der Waals surface area (Å²) in [6.07, 6.45) is 2.97. The smallest absolute Gasteiger partial charge is 0.324 e. The molecule has 136 valence electrons. The van der Waals surface area contributed by atoms with Gasteiger partial charge < -0.3 is 11.1 Å². The number of urea groups is 1. The summed E-state index contributed by atoms with van der Waals surface area (Å²) in [5, 5.41) is 2.81. The van der Waals surface area contributed by atoms with Crippen molar-refractivity contribution in [3.8, 4) is 0 Å². The van der Waals surface area contributed by atoms with Gasteiger partial charge in [-0.3, -0.25) is 4.90 Å². The first-order chi connectivity index (χ1) is 12.6. The highest BCUT2D eigenvalue weighted by Crippen LogP contribution is 2.35. The highest BCUT2D eigenvalue weighted by molar-refractivity contribution is 5.90. The second kappa shape index (κ2) is 7.08. The molecule has 0 saturated heterocycles. The zero-order valence-corrected chi connectivity index (χ0v) is 14.7. The molecule has 0 bridgehead atoms. The number of carbonyl (C=O) groups is 1. The first kappa shape index (κ1) is 17.0. The molecule has 4 nitrogen and oxygen atoms in total. The van der Waals surface area contributed by atoms with Crippen LogP contribution in [0.25, 0.3) is 0 Å². The maximum Gasteiger partial charge on any atom is 0.324 e. The fourth-order valence-corrected chi connectivity index (χ4v) is 4.00. The zero-order chi connectivity index (χ0) is 18.1. The van der Waals surface area contributed by atoms with Crippen LogP contribution in [0, 0.1) is 0 Å². The number of hydrogen-bond acceptors (Lipinski definition) is 2. The van der Waals surface area contributed by atoms with Gasteiger partial charge in [-0.1, -0.05) is 36.4 Å². The van der Waals surface area contributed by atoms with Crippen LogP contribution in [-0.4, -0.2) is 17.0 Å². The number of benzene rings is 2. The summed E-state index contributed by atoms with van der Waals surface area (Å²) < 4.78 is 14.5. The van der Waals surface area contributed by atoms with Gasteiger partial charge in [-0.05, 0) is 54.9 Å². The van der Waals surface area contributed by atoms with Crippen molar-refractivity contribution in [1.82, 2.24) is 4.90 Å². The number of nitrogens with two attached hydrogens (primary N) is 1. The van der Waals surface area contributed by atoms with Gasteiger partial charge in [0.1, 0.15) is 0 Å². The number of anilines is 1. The lowest BCUT2D eigenvalue weighted by Crippen LogP contribution is -2.32. The monoisotopic (exact) mass is 353 g/mol. The molecule has 0 radical (unpaired) electrons. The molecule has 1 atom stereocenters. The number of fused-ring (bicyclic) bond motifs is 1. The van der Waals surface area contributed by atoms with Crippen LogP contribution in [0.5, 0.6) is 0 Å². The summed E-state index contributed by atoms with van der Waals surface area (Å²) in [5.41, 5.74) is 9.39. The summed E-state index contributed by atoms with van der Waals surface area (Å²) >= 11 is 0. The minimum Gasteiger partial charge on any atom is -0.328 e. The van der Waals surface area contributed by atoms with Gasteiger partial charge in [0.05, 0.1) is 6.54 Å². The molecular formula is C21H24FN3O. The highest BCUT2D eigenvalue weighted by Gasteiger charge is 2.33. The van der Waals surface area contributed by atoms with Gasteiger partial charge in [0.25, 0.3) is 0 Å². The minimum absolute atomic E-state index is 0.295. The third-order valence-corrected chi connectivity index (χ3v) is 5.59. The van der Waals surface area contributed by atoms with E-state index in [0.29, 0.717) is 29.8 Å². The lowest BCUT2D eigenvalue weighted by Gasteiger charge is -2.26. The molecule has 4 rings (SSSR count). The Bertz CT molecular complexity index is 784. The van der Waals surface area contributed by atoms with Crippen LogP contribution in [0.4, 0.5) is 14.9 Å². The van der Waals surface area contributed by atoms with Crippen LogP contribution in [0.3, 0.4) is 0 Å². The van der Waals surface area contributed by atoms with Crippen molar-refractivity contribution in [3.05, 3.63) is 65.2 Å². The van der Waals surface area contributed by atoms with E-state index in [1.165, 1.54) is 10.5 Å². The van der Waals surface area contributed by atoms with Crippen LogP contribution in [-0.2, 0) is 6.54 Å². The molecule has 1 unspecified atom stereocenters. The molecule has 3 N–H and O–H groups in total. The SMILES string of the molecule is NC1CCC(c2ccc(NC(=O)N3Cc4ccccc4C3F)cc2)CC1. The fraction of sp³-hybridized carbons (Fsp3) is 0.381. The molecule has 1 heterocycles. The molecule has 26 heavy (non-hydrogen) atoms. The summed E-state index contributed by atoms with van der Waals surface area (Å²) in [4.78, 5) is 13.7. The highest BCUT2D eigenvalue weighted by atomic mass is 19.1. The molecule has 0 spiro atoms. The average molecular weight is 353 g/mol. The normalized spacial score (nSPS) is 25.0. The molecule has 1 fully saturated rings. The molecule has 5 heteroatoms. The molecule has 2 amide bonds. The number of carbonyl (C=O) groups excluding carboxylic acids is 1. The molecule has 2 aliphatic rings. The van der Waals surface area contributed by atoms with E-state index in [2.05, 4.69) is 17.4 Å². The van der Waals surface area contributed by atoms with Crippen molar-refractivity contribution in [2.24, 2.45) is 5.73 Å². The van der Waals surface area contributed by atoms with Crippen LogP contribution in [0.15, 0.2) is 48.5 Å². The van der Waals surface area contributed by atoms with Gasteiger partial charge in [-0.25, -0.2) is 9.18 Å². The van der Waals surface area contributed by atoms with Gasteiger partial charge in [-0.2, -0.15) is 0 Å². The van der Waals surface area contributed by atoms with Crippen LogP contribution in [0.2, 0.25) is 0 Å². The number of rotatable bonds is 2. The molecule has 0 aromatic heterocycles. The number of nitrogens with one attached hydrogen (secondary N) is 1. The van der Waals surface area contributed by atoms with Gasteiger partial charge in [0, 0.05) is 17.3 Å². The van der Waals surface area contributed by atoms with Crippen molar-refractivity contribution in [3.63, 3.8) is 0 Å². The largest absolute Gasteiger partial charge is 0.328 e. The number of nitrogens with zero attached hydrogens (tertiary/aromatic N) is 1. The zero-order valence-electron chi connectivity index (χ0n) is 14.7. The predicted octanol–water partition coefficient (Wildman–Crippen LogP) is 4.69. The van der Waals surface area contributed by atoms with E-state index in [-0.39, 0.29) is 0 Å². The number of alkyl halides is 1. The molecule has 1 aliphatic carbocycles. The Labute approximate surface area is 153 Å². The molecule has 1 saturated carbocycles. The van der Waals surface area contributed by atoms with E-state index >= 15 is 0 Å². The standard InChI is InChI=1S/C21H24FN3O/c22-20-19-4-2-1-3-16(19)13-25(20)21(26)24-18-11-7-15(8-12-18)14-5-9-17(23)10-6-14/h1-4,7-8,11-12,14,17,20H,5-6,9-10,13,23H2,(H,24,26). The Balaban J connectivity index is 1.39. The summed E-state index contributed by atoms with van der Waals surface area (Å²) in [6, 6.07) is 15.1. The van der Waals surface area contributed by atoms with Crippen molar-refractivity contribution in [1.29, 1.82) is 0 Å². The van der Waals surface area contributed by atoms with Crippen molar-refractivity contribution >= 4 is 11.7 Å². The lowest BCUT2D eigenvalue weighted by atomic mass is 9.82. The van der Waals surface area contributed by atoms with Crippen molar-refractivity contribution in [2.75, 3.05) is 5.32 Å². The number of hydrogen-bond donors (Lipinski definition) is 2. The lowest BCUT2D eigenvalue weighted by molar-refractivity contribution is 0.127. The van der Waals surface area contributed by atoms with E-state index < -0.39 is 12.3 Å². The van der Waals surface area contributed by atoms with E-state index in [1.54, 1.807) is 12.1 Å². The summed E-state index contributed by atoms with van der Waals surface area (Å²) in [6.45, 7) is 0.295. The van der Waals surface area contributed by atoms with Gasteiger partial charge >= 0.3 is 6.03 Å². The third kappa shape index (κ3) is 3.31. The Morgan fingerprint density at radius 3 is 2.42 bits per heavy atom. The van der Waals surface area contributed by atoms with Crippen LogP contribution in [0.1, 0.15) is 54.6 Å². The molecule has 2 aromatic rings. The van der Waals surface area contributed by atoms with Crippen LogP contribution < -0.4 is 11.1 Å². The van der Waals surface area contributed by atoms with Crippen LogP contribution >= 0.6 is 0 Å². The van der Waals surface area contributed by atoms with E-state index in [1.807, 2.05) is 24.3 Å². The molecule has 2 aromatic carbocycles. The van der Waals surface area contributed by atoms with Crippen molar-refractivity contribution < 1.29 is 9.18 Å².